The topological polar surface area (TPSA) is 96.0 Å². The molecule has 1 amide bonds. The molecule has 3 heterocycles. The number of tetrazole rings is 1. The van der Waals surface area contributed by atoms with Crippen LogP contribution in [-0.4, -0.2) is 33.3 Å². The first-order valence-electron chi connectivity index (χ1n) is 12.3. The molecule has 0 fully saturated rings. The molecule has 0 saturated heterocycles. The molecule has 8 nitrogen and oxygen atoms in total. The van der Waals surface area contributed by atoms with Crippen molar-refractivity contribution in [3.63, 3.8) is 0 Å². The summed E-state index contributed by atoms with van der Waals surface area (Å²) in [6.45, 7) is 2.22. The van der Waals surface area contributed by atoms with Crippen molar-refractivity contribution in [3.8, 4) is 0 Å². The van der Waals surface area contributed by atoms with Crippen LogP contribution in [0.1, 0.15) is 34.0 Å². The maximum absolute atomic E-state index is 12.3. The van der Waals surface area contributed by atoms with Crippen LogP contribution in [0.5, 0.6) is 0 Å². The lowest BCUT2D eigenvalue weighted by molar-refractivity contribution is 0.139. The van der Waals surface area contributed by atoms with Crippen LogP contribution in [-0.2, 0) is 30.9 Å². The molecular weight excluding hydrogens is 520 g/mol. The van der Waals surface area contributed by atoms with Gasteiger partial charge in [0.05, 0.1) is 0 Å². The van der Waals surface area contributed by atoms with Gasteiger partial charge in [-0.1, -0.05) is 59.3 Å². The third kappa shape index (κ3) is 5.34. The summed E-state index contributed by atoms with van der Waals surface area (Å²) in [7, 11) is 0. The summed E-state index contributed by atoms with van der Waals surface area (Å²) >= 11 is 8.03. The zero-order valence-corrected chi connectivity index (χ0v) is 22.0. The SMILES string of the molecule is O=C(NCc1ccc2c(c1)C(Cc1nn[nH]n1)CN2Cc1csc2ccc(Cl)cc12)OCc1ccccc1. The quantitative estimate of drug-likeness (QED) is 0.255. The second-order valence-electron chi connectivity index (χ2n) is 9.32. The van der Waals surface area contributed by atoms with Crippen LogP contribution in [0.3, 0.4) is 0 Å². The first-order valence-corrected chi connectivity index (χ1v) is 13.6. The molecule has 192 valence electrons. The number of thiophene rings is 1. The molecule has 6 rings (SSSR count). The number of rotatable bonds is 8. The van der Waals surface area contributed by atoms with Crippen LogP contribution in [0.25, 0.3) is 10.1 Å². The van der Waals surface area contributed by atoms with Crippen molar-refractivity contribution < 1.29 is 9.53 Å². The summed E-state index contributed by atoms with van der Waals surface area (Å²) in [6, 6.07) is 22.0. The third-order valence-corrected chi connectivity index (χ3v) is 8.01. The summed E-state index contributed by atoms with van der Waals surface area (Å²) in [5.41, 5.74) is 5.60. The smallest absolute Gasteiger partial charge is 0.407 e. The Morgan fingerprint density at radius 1 is 1.13 bits per heavy atom. The average Bonchev–Trinajstić information content (AvgIpc) is 3.67. The molecule has 1 unspecified atom stereocenters. The van der Waals surface area contributed by atoms with Crippen molar-refractivity contribution in [2.24, 2.45) is 0 Å². The van der Waals surface area contributed by atoms with E-state index in [1.807, 2.05) is 42.5 Å². The standard InChI is InChI=1S/C28H25ClN6O2S/c29-22-7-9-26-24(12-22)21(17-38-26)15-35-14-20(11-27-31-33-34-32-27)23-10-19(6-8-25(23)35)13-30-28(36)37-16-18-4-2-1-3-5-18/h1-10,12,17,20H,11,13-16H2,(H,30,36)(H,31,32,33,34). The summed E-state index contributed by atoms with van der Waals surface area (Å²) < 4.78 is 6.59. The molecule has 1 aliphatic rings. The van der Waals surface area contributed by atoms with Gasteiger partial charge in [0.25, 0.3) is 0 Å². The van der Waals surface area contributed by atoms with E-state index in [-0.39, 0.29) is 12.5 Å². The van der Waals surface area contributed by atoms with Gasteiger partial charge in [-0.2, -0.15) is 5.21 Å². The number of hydrogen-bond acceptors (Lipinski definition) is 7. The van der Waals surface area contributed by atoms with Gasteiger partial charge in [0.15, 0.2) is 5.82 Å². The zero-order valence-electron chi connectivity index (χ0n) is 20.4. The van der Waals surface area contributed by atoms with Crippen molar-refractivity contribution in [2.45, 2.75) is 32.0 Å². The number of carbonyl (C=O) groups is 1. The molecule has 0 bridgehead atoms. The molecule has 38 heavy (non-hydrogen) atoms. The van der Waals surface area contributed by atoms with Crippen LogP contribution >= 0.6 is 22.9 Å². The Labute approximate surface area is 228 Å². The molecule has 1 aliphatic heterocycles. The number of hydrogen-bond donors (Lipinski definition) is 2. The molecule has 3 aromatic carbocycles. The normalized spacial score (nSPS) is 14.6. The first kappa shape index (κ1) is 24.4. The minimum absolute atomic E-state index is 0.195. The lowest BCUT2D eigenvalue weighted by Gasteiger charge is -2.20. The Morgan fingerprint density at radius 3 is 2.87 bits per heavy atom. The van der Waals surface area contributed by atoms with E-state index >= 15 is 0 Å². The molecule has 2 N–H and O–H groups in total. The van der Waals surface area contributed by atoms with E-state index in [1.54, 1.807) is 11.3 Å². The summed E-state index contributed by atoms with van der Waals surface area (Å²) in [5.74, 6) is 0.879. The van der Waals surface area contributed by atoms with E-state index in [9.17, 15) is 4.79 Å². The van der Waals surface area contributed by atoms with Gasteiger partial charge in [0.1, 0.15) is 6.61 Å². The maximum atomic E-state index is 12.3. The van der Waals surface area contributed by atoms with Crippen molar-refractivity contribution in [1.82, 2.24) is 25.9 Å². The van der Waals surface area contributed by atoms with Gasteiger partial charge < -0.3 is 15.0 Å². The number of alkyl carbamates (subject to hydrolysis) is 1. The number of ether oxygens (including phenoxy) is 1. The number of halogens is 1. The second-order valence-corrected chi connectivity index (χ2v) is 10.7. The maximum Gasteiger partial charge on any atom is 0.407 e. The third-order valence-electron chi connectivity index (χ3n) is 6.76. The molecule has 5 aromatic rings. The Hall–Kier alpha value is -3.95. The van der Waals surface area contributed by atoms with Gasteiger partial charge in [-0.15, -0.1) is 21.5 Å². The lowest BCUT2D eigenvalue weighted by Crippen LogP contribution is -2.23. The van der Waals surface area contributed by atoms with E-state index in [0.29, 0.717) is 18.8 Å². The molecule has 2 aromatic heterocycles. The number of nitrogens with zero attached hydrogens (tertiary/aromatic N) is 4. The number of fused-ring (bicyclic) bond motifs is 2. The summed E-state index contributed by atoms with van der Waals surface area (Å²) in [4.78, 5) is 14.7. The van der Waals surface area contributed by atoms with E-state index in [1.165, 1.54) is 26.9 Å². The van der Waals surface area contributed by atoms with Gasteiger partial charge in [-0.25, -0.2) is 4.79 Å². The van der Waals surface area contributed by atoms with Crippen LogP contribution < -0.4 is 10.2 Å². The predicted octanol–water partition coefficient (Wildman–Crippen LogP) is 5.84. The molecular formula is C28H25ClN6O2S. The lowest BCUT2D eigenvalue weighted by atomic mass is 9.96. The fourth-order valence-electron chi connectivity index (χ4n) is 4.94. The summed E-state index contributed by atoms with van der Waals surface area (Å²) in [5, 5.41) is 21.7. The Balaban J connectivity index is 1.19. The monoisotopic (exact) mass is 544 g/mol. The van der Waals surface area contributed by atoms with E-state index < -0.39 is 6.09 Å². The van der Waals surface area contributed by atoms with Gasteiger partial charge >= 0.3 is 6.09 Å². The highest BCUT2D eigenvalue weighted by molar-refractivity contribution is 7.17. The van der Waals surface area contributed by atoms with Gasteiger partial charge in [0, 0.05) is 47.4 Å². The number of amides is 1. The average molecular weight is 545 g/mol. The van der Waals surface area contributed by atoms with Gasteiger partial charge in [0.2, 0.25) is 0 Å². The number of benzene rings is 3. The number of nitrogens with one attached hydrogen (secondary N) is 2. The highest BCUT2D eigenvalue weighted by atomic mass is 35.5. The Kier molecular flexibility index (Phi) is 6.94. The van der Waals surface area contributed by atoms with Crippen LogP contribution in [0.2, 0.25) is 5.02 Å². The fraction of sp³-hybridized carbons (Fsp3) is 0.214. The van der Waals surface area contributed by atoms with E-state index in [0.717, 1.165) is 29.2 Å². The minimum atomic E-state index is -0.442. The van der Waals surface area contributed by atoms with E-state index in [2.05, 4.69) is 60.5 Å². The highest BCUT2D eigenvalue weighted by Gasteiger charge is 2.30. The van der Waals surface area contributed by atoms with E-state index in [4.69, 9.17) is 16.3 Å². The van der Waals surface area contributed by atoms with Crippen molar-refractivity contribution in [2.75, 3.05) is 11.4 Å². The number of anilines is 1. The zero-order chi connectivity index (χ0) is 25.9. The molecule has 0 saturated carbocycles. The second kappa shape index (κ2) is 10.8. The molecule has 10 heteroatoms. The fourth-order valence-corrected chi connectivity index (χ4v) is 6.04. The summed E-state index contributed by atoms with van der Waals surface area (Å²) in [6.07, 6.45) is 0.231. The number of aromatic nitrogens is 4. The molecule has 1 atom stereocenters. The van der Waals surface area contributed by atoms with Crippen molar-refractivity contribution in [3.05, 3.63) is 105 Å². The predicted molar refractivity (Wildman–Crippen MR) is 148 cm³/mol. The highest BCUT2D eigenvalue weighted by Crippen LogP contribution is 2.40. The number of aromatic amines is 1. The van der Waals surface area contributed by atoms with Crippen molar-refractivity contribution >= 4 is 44.8 Å². The largest absolute Gasteiger partial charge is 0.445 e. The molecule has 0 aliphatic carbocycles. The first-order chi connectivity index (χ1) is 18.6. The van der Waals surface area contributed by atoms with Crippen molar-refractivity contribution in [1.29, 1.82) is 0 Å². The number of carbonyl (C=O) groups excluding carboxylic acids is 1. The van der Waals surface area contributed by atoms with Gasteiger partial charge in [-0.05, 0) is 57.3 Å². The molecule has 0 spiro atoms. The Bertz CT molecular complexity index is 1560. The van der Waals surface area contributed by atoms with Crippen LogP contribution in [0, 0.1) is 0 Å². The van der Waals surface area contributed by atoms with Crippen LogP contribution in [0.15, 0.2) is 72.1 Å². The van der Waals surface area contributed by atoms with Crippen LogP contribution in [0.4, 0.5) is 10.5 Å². The van der Waals surface area contributed by atoms with Gasteiger partial charge in [-0.3, -0.25) is 0 Å². The number of H-pyrrole nitrogens is 1. The Morgan fingerprint density at radius 2 is 2.03 bits per heavy atom. The minimum Gasteiger partial charge on any atom is -0.445 e. The molecule has 0 radical (unpaired) electrons.